The van der Waals surface area contributed by atoms with Gasteiger partial charge in [-0.05, 0) is 49.4 Å². The van der Waals surface area contributed by atoms with Crippen molar-refractivity contribution in [3.8, 4) is 17.0 Å². The van der Waals surface area contributed by atoms with E-state index in [1.165, 1.54) is 5.56 Å². The molecule has 1 fully saturated rings. The molecule has 2 aliphatic rings. The second-order valence-corrected chi connectivity index (χ2v) is 6.98. The smallest absolute Gasteiger partial charge is 0.168 e. The summed E-state index contributed by atoms with van der Waals surface area (Å²) < 4.78 is 7.86. The normalized spacial score (nSPS) is 19.2. The van der Waals surface area contributed by atoms with Crippen molar-refractivity contribution in [3.63, 3.8) is 0 Å². The molecule has 1 aliphatic heterocycles. The number of hydrogen-bond acceptors (Lipinski definition) is 2. The summed E-state index contributed by atoms with van der Waals surface area (Å²) in [7, 11) is 0. The summed E-state index contributed by atoms with van der Waals surface area (Å²) in [5, 5.41) is 0.646. The monoisotopic (exact) mass is 329 g/mol. The average molecular weight is 330 g/mol. The van der Waals surface area contributed by atoms with Gasteiger partial charge in [-0.25, -0.2) is 0 Å². The van der Waals surface area contributed by atoms with Crippen LogP contribution in [0, 0.1) is 5.92 Å². The zero-order valence-corrected chi connectivity index (χ0v) is 14.2. The predicted octanol–water partition coefficient (Wildman–Crippen LogP) is 4.92. The van der Waals surface area contributed by atoms with Gasteiger partial charge in [0.05, 0.1) is 17.3 Å². The molecular formula is C19H20ClNO2. The number of halogens is 1. The fourth-order valence-corrected chi connectivity index (χ4v) is 3.76. The van der Waals surface area contributed by atoms with Gasteiger partial charge in [-0.15, -0.1) is 0 Å². The van der Waals surface area contributed by atoms with Gasteiger partial charge in [-0.1, -0.05) is 18.5 Å². The van der Waals surface area contributed by atoms with Gasteiger partial charge in [0.2, 0.25) is 0 Å². The van der Waals surface area contributed by atoms with E-state index in [1.54, 1.807) is 0 Å². The molecule has 120 valence electrons. The molecule has 2 aromatic rings. The van der Waals surface area contributed by atoms with Crippen LogP contribution in [0.25, 0.3) is 11.3 Å². The lowest BCUT2D eigenvalue weighted by atomic mass is 9.88. The Hall–Kier alpha value is -1.74. The Bertz CT molecular complexity index is 789. The lowest BCUT2D eigenvalue weighted by Crippen LogP contribution is -2.16. The second kappa shape index (κ2) is 5.41. The Labute approximate surface area is 141 Å². The third-order valence-corrected chi connectivity index (χ3v) is 5.13. The molecule has 1 aromatic carbocycles. The van der Waals surface area contributed by atoms with E-state index in [2.05, 4.69) is 11.5 Å². The van der Waals surface area contributed by atoms with Gasteiger partial charge in [0, 0.05) is 29.8 Å². The second-order valence-electron chi connectivity index (χ2n) is 6.57. The molecule has 0 bridgehead atoms. The number of ether oxygens (including phenoxy) is 1. The van der Waals surface area contributed by atoms with Crippen molar-refractivity contribution in [1.29, 1.82) is 0 Å². The number of nitrogens with zero attached hydrogens (tertiary/aromatic N) is 1. The summed E-state index contributed by atoms with van der Waals surface area (Å²) >= 11 is 6.37. The van der Waals surface area contributed by atoms with E-state index in [0.717, 1.165) is 36.2 Å². The third-order valence-electron chi connectivity index (χ3n) is 4.84. The molecule has 1 aliphatic carbocycles. The molecule has 0 radical (unpaired) electrons. The Balaban J connectivity index is 1.89. The number of carbonyl (C=O) groups is 1. The number of carbonyl (C=O) groups excluding carboxylic acids is 1. The first-order valence-electron chi connectivity index (χ1n) is 8.30. The number of Topliss-reactive ketones (excluding diaryl/α,β-unsaturated/α-hetero) is 1. The first-order chi connectivity index (χ1) is 11.1. The Morgan fingerprint density at radius 1 is 1.39 bits per heavy atom. The van der Waals surface area contributed by atoms with Gasteiger partial charge in [-0.2, -0.15) is 0 Å². The van der Waals surface area contributed by atoms with Crippen molar-refractivity contribution < 1.29 is 9.53 Å². The van der Waals surface area contributed by atoms with Crippen molar-refractivity contribution >= 4 is 17.4 Å². The largest absolute Gasteiger partial charge is 0.492 e. The van der Waals surface area contributed by atoms with Crippen LogP contribution in [0.1, 0.15) is 48.5 Å². The van der Waals surface area contributed by atoms with Crippen molar-refractivity contribution in [2.75, 3.05) is 6.61 Å². The fourth-order valence-electron chi connectivity index (χ4n) is 3.53. The maximum atomic E-state index is 12.6. The predicted molar refractivity (Wildman–Crippen MR) is 91.5 cm³/mol. The molecule has 4 rings (SSSR count). The Morgan fingerprint density at radius 3 is 2.87 bits per heavy atom. The maximum absolute atomic E-state index is 12.6. The molecule has 1 unspecified atom stereocenters. The summed E-state index contributed by atoms with van der Waals surface area (Å²) in [6.07, 6.45) is 4.09. The average Bonchev–Trinajstić information content (AvgIpc) is 3.29. The van der Waals surface area contributed by atoms with Crippen LogP contribution in [0.4, 0.5) is 0 Å². The molecule has 1 aromatic heterocycles. The number of benzene rings is 1. The zero-order chi connectivity index (χ0) is 16.1. The molecule has 0 spiro atoms. The maximum Gasteiger partial charge on any atom is 0.168 e. The standard InChI is InChI=1S/C19H20ClNO2/c1-3-23-17-9-15-14(8-16(17)20)11(2)10-21-7-6-13(18(15)21)19(22)12-4-5-12/h6-9,11-12H,3-5,10H2,1-2H3. The van der Waals surface area contributed by atoms with Crippen LogP contribution in [0.3, 0.4) is 0 Å². The Kier molecular flexibility index (Phi) is 3.49. The lowest BCUT2D eigenvalue weighted by molar-refractivity contribution is 0.0968. The van der Waals surface area contributed by atoms with Gasteiger partial charge in [0.15, 0.2) is 5.78 Å². The van der Waals surface area contributed by atoms with Crippen LogP contribution in [-0.2, 0) is 6.54 Å². The fraction of sp³-hybridized carbons (Fsp3) is 0.421. The highest BCUT2D eigenvalue weighted by molar-refractivity contribution is 6.32. The van der Waals surface area contributed by atoms with Crippen molar-refractivity contribution in [3.05, 3.63) is 40.5 Å². The van der Waals surface area contributed by atoms with Crippen LogP contribution in [0.5, 0.6) is 5.75 Å². The SMILES string of the molecule is CCOc1cc2c(cc1Cl)C(C)Cn1ccc(C(=O)C3CC3)c1-2. The summed E-state index contributed by atoms with van der Waals surface area (Å²) in [4.78, 5) is 12.6. The number of rotatable bonds is 4. The first-order valence-corrected chi connectivity index (χ1v) is 8.68. The van der Waals surface area contributed by atoms with Crippen LogP contribution in [0.2, 0.25) is 5.02 Å². The van der Waals surface area contributed by atoms with E-state index in [9.17, 15) is 4.79 Å². The molecule has 3 nitrogen and oxygen atoms in total. The van der Waals surface area contributed by atoms with E-state index in [0.29, 0.717) is 23.3 Å². The molecule has 1 atom stereocenters. The Morgan fingerprint density at radius 2 is 2.17 bits per heavy atom. The number of ketones is 1. The minimum Gasteiger partial charge on any atom is -0.492 e. The van der Waals surface area contributed by atoms with Gasteiger partial charge in [-0.3, -0.25) is 4.79 Å². The van der Waals surface area contributed by atoms with Gasteiger partial charge in [0.1, 0.15) is 5.75 Å². The lowest BCUT2D eigenvalue weighted by Gasteiger charge is -2.27. The number of fused-ring (bicyclic) bond motifs is 3. The summed E-state index contributed by atoms with van der Waals surface area (Å²) in [6.45, 7) is 5.59. The minimum absolute atomic E-state index is 0.226. The third kappa shape index (κ3) is 2.38. The first kappa shape index (κ1) is 14.8. The number of aromatic nitrogens is 1. The van der Waals surface area contributed by atoms with E-state index in [-0.39, 0.29) is 11.7 Å². The molecule has 4 heteroatoms. The molecule has 0 N–H and O–H groups in total. The van der Waals surface area contributed by atoms with Crippen molar-refractivity contribution in [1.82, 2.24) is 4.57 Å². The highest BCUT2D eigenvalue weighted by atomic mass is 35.5. The van der Waals surface area contributed by atoms with Crippen molar-refractivity contribution in [2.45, 2.75) is 39.2 Å². The van der Waals surface area contributed by atoms with Crippen molar-refractivity contribution in [2.24, 2.45) is 5.92 Å². The summed E-state index contributed by atoms with van der Waals surface area (Å²) in [5.41, 5.74) is 4.18. The van der Waals surface area contributed by atoms with Crippen LogP contribution < -0.4 is 4.74 Å². The van der Waals surface area contributed by atoms with Gasteiger partial charge >= 0.3 is 0 Å². The summed E-state index contributed by atoms with van der Waals surface area (Å²) in [6, 6.07) is 5.99. The highest BCUT2D eigenvalue weighted by Crippen LogP contribution is 2.44. The highest BCUT2D eigenvalue weighted by Gasteiger charge is 2.35. The summed E-state index contributed by atoms with van der Waals surface area (Å²) in [5.74, 6) is 1.57. The molecule has 0 amide bonds. The van der Waals surface area contributed by atoms with Gasteiger partial charge < -0.3 is 9.30 Å². The van der Waals surface area contributed by atoms with E-state index < -0.39 is 0 Å². The van der Waals surface area contributed by atoms with E-state index in [1.807, 2.05) is 31.3 Å². The topological polar surface area (TPSA) is 31.2 Å². The molecular weight excluding hydrogens is 310 g/mol. The van der Waals surface area contributed by atoms with E-state index in [4.69, 9.17) is 16.3 Å². The van der Waals surface area contributed by atoms with Gasteiger partial charge in [0.25, 0.3) is 0 Å². The van der Waals surface area contributed by atoms with Crippen LogP contribution in [0.15, 0.2) is 24.4 Å². The quantitative estimate of drug-likeness (QED) is 0.746. The minimum atomic E-state index is 0.226. The van der Waals surface area contributed by atoms with Crippen LogP contribution >= 0.6 is 11.6 Å². The molecule has 2 heterocycles. The van der Waals surface area contributed by atoms with Crippen LogP contribution in [-0.4, -0.2) is 17.0 Å². The van der Waals surface area contributed by atoms with E-state index >= 15 is 0 Å². The molecule has 23 heavy (non-hydrogen) atoms. The molecule has 1 saturated carbocycles. The zero-order valence-electron chi connectivity index (χ0n) is 13.4. The number of hydrogen-bond donors (Lipinski definition) is 0. The molecule has 0 saturated heterocycles.